The molecule has 8 nitrogen and oxygen atoms in total. The van der Waals surface area contributed by atoms with Crippen LogP contribution in [0.5, 0.6) is 11.5 Å². The number of ether oxygens (including phenoxy) is 2. The first-order valence-corrected chi connectivity index (χ1v) is 13.8. The van der Waals surface area contributed by atoms with Crippen molar-refractivity contribution >= 4 is 35.8 Å². The molecule has 0 aliphatic carbocycles. The molecular weight excluding hydrogens is 566 g/mol. The highest BCUT2D eigenvalue weighted by molar-refractivity contribution is 6.31. The van der Waals surface area contributed by atoms with Gasteiger partial charge in [0.2, 0.25) is 0 Å². The lowest BCUT2D eigenvalue weighted by Crippen LogP contribution is -2.17. The predicted molar refractivity (Wildman–Crippen MR) is 166 cm³/mol. The van der Waals surface area contributed by atoms with Gasteiger partial charge in [-0.3, -0.25) is 4.79 Å². The van der Waals surface area contributed by atoms with E-state index in [1.807, 2.05) is 54.6 Å². The maximum atomic E-state index is 12.6. The summed E-state index contributed by atoms with van der Waals surface area (Å²) in [5.74, 6) is 0.310. The molecule has 43 heavy (non-hydrogen) atoms. The number of benzene rings is 3. The zero-order valence-electron chi connectivity index (χ0n) is 23.5. The van der Waals surface area contributed by atoms with Gasteiger partial charge in [0.25, 0.3) is 0 Å². The van der Waals surface area contributed by atoms with Crippen molar-refractivity contribution in [3.8, 4) is 17.2 Å². The van der Waals surface area contributed by atoms with Crippen LogP contribution in [-0.4, -0.2) is 22.7 Å². The average Bonchev–Trinajstić information content (AvgIpc) is 3.63. The number of hydrogen-bond donors (Lipinski definition) is 1. The zero-order valence-corrected chi connectivity index (χ0v) is 24.2. The number of nitrogens with zero attached hydrogens (tertiary/aromatic N) is 2. The van der Waals surface area contributed by atoms with Crippen LogP contribution < -0.4 is 14.9 Å². The molecule has 9 heteroatoms. The standard InChI is InChI=1S/C34H28ClN3O5/c1-23-8-9-24(2)38(23)28-12-14-29(15-13-28)41-22-30-16-18-32(42-30)34(40)37-36-21-26-20-27(35)11-17-31(26)43-33(39)19-10-25-6-4-3-5-7-25/h3-21H,22H2,1-2H3,(H,37,40)/b19-10+,36-21+. The maximum Gasteiger partial charge on any atom is 0.336 e. The van der Waals surface area contributed by atoms with Crippen LogP contribution >= 0.6 is 11.6 Å². The molecular formula is C34H28ClN3O5. The molecule has 1 N–H and O–H groups in total. The van der Waals surface area contributed by atoms with Gasteiger partial charge in [0.15, 0.2) is 5.76 Å². The Balaban J connectivity index is 1.15. The molecule has 0 radical (unpaired) electrons. The molecule has 0 atom stereocenters. The Labute approximate surface area is 253 Å². The lowest BCUT2D eigenvalue weighted by molar-refractivity contribution is -0.128. The maximum absolute atomic E-state index is 12.6. The number of aryl methyl sites for hydroxylation is 2. The van der Waals surface area contributed by atoms with Crippen LogP contribution in [0.3, 0.4) is 0 Å². The van der Waals surface area contributed by atoms with Crippen molar-refractivity contribution in [1.29, 1.82) is 0 Å². The third-order valence-electron chi connectivity index (χ3n) is 6.40. The van der Waals surface area contributed by atoms with Crippen LogP contribution in [0.1, 0.15) is 38.8 Å². The molecule has 3 aromatic carbocycles. The topological polar surface area (TPSA) is 95.1 Å². The summed E-state index contributed by atoms with van der Waals surface area (Å²) in [5, 5.41) is 4.39. The lowest BCUT2D eigenvalue weighted by Gasteiger charge is -2.10. The number of halogens is 1. The molecule has 0 unspecified atom stereocenters. The fourth-order valence-electron chi connectivity index (χ4n) is 4.30. The number of carbonyl (C=O) groups is 2. The van der Waals surface area contributed by atoms with Gasteiger partial charge >= 0.3 is 11.9 Å². The number of hydrogen-bond acceptors (Lipinski definition) is 6. The van der Waals surface area contributed by atoms with Crippen LogP contribution in [0.15, 0.2) is 113 Å². The van der Waals surface area contributed by atoms with Gasteiger partial charge in [-0.1, -0.05) is 41.9 Å². The molecule has 2 aromatic heterocycles. The Bertz CT molecular complexity index is 1770. The Kier molecular flexibility index (Phi) is 9.19. The number of carbonyl (C=O) groups excluding carboxylic acids is 2. The molecule has 2 heterocycles. The molecule has 5 rings (SSSR count). The highest BCUT2D eigenvalue weighted by Crippen LogP contribution is 2.23. The number of esters is 1. The van der Waals surface area contributed by atoms with Gasteiger partial charge in [-0.05, 0) is 92.2 Å². The first-order chi connectivity index (χ1) is 20.9. The second-order valence-corrected chi connectivity index (χ2v) is 9.98. The van der Waals surface area contributed by atoms with Crippen LogP contribution in [0.4, 0.5) is 0 Å². The number of amides is 1. The number of aromatic nitrogens is 1. The highest BCUT2D eigenvalue weighted by atomic mass is 35.5. The highest BCUT2D eigenvalue weighted by Gasteiger charge is 2.12. The van der Waals surface area contributed by atoms with Crippen molar-refractivity contribution in [2.75, 3.05) is 0 Å². The number of hydrazone groups is 1. The van der Waals surface area contributed by atoms with Crippen molar-refractivity contribution in [3.63, 3.8) is 0 Å². The first kappa shape index (κ1) is 29.2. The van der Waals surface area contributed by atoms with Crippen LogP contribution in [0, 0.1) is 13.8 Å². The molecule has 0 spiro atoms. The van der Waals surface area contributed by atoms with E-state index in [2.05, 4.69) is 41.1 Å². The van der Waals surface area contributed by atoms with Gasteiger partial charge in [-0.2, -0.15) is 5.10 Å². The summed E-state index contributed by atoms with van der Waals surface area (Å²) < 4.78 is 19.1. The van der Waals surface area contributed by atoms with E-state index in [1.165, 1.54) is 18.4 Å². The number of furan rings is 1. The van der Waals surface area contributed by atoms with Crippen LogP contribution in [0.2, 0.25) is 5.02 Å². The fraction of sp³-hybridized carbons (Fsp3) is 0.0882. The Morgan fingerprint density at radius 1 is 0.930 bits per heavy atom. The summed E-state index contributed by atoms with van der Waals surface area (Å²) >= 11 is 6.12. The van der Waals surface area contributed by atoms with Crippen LogP contribution in [0.25, 0.3) is 11.8 Å². The molecule has 216 valence electrons. The van der Waals surface area contributed by atoms with Gasteiger partial charge in [0.1, 0.15) is 23.9 Å². The minimum atomic E-state index is -0.572. The minimum absolute atomic E-state index is 0.0634. The summed E-state index contributed by atoms with van der Waals surface area (Å²) in [4.78, 5) is 24.9. The molecule has 0 aliphatic rings. The summed E-state index contributed by atoms with van der Waals surface area (Å²) in [6.07, 6.45) is 4.31. The van der Waals surface area contributed by atoms with E-state index >= 15 is 0 Å². The Morgan fingerprint density at radius 2 is 1.67 bits per heavy atom. The van der Waals surface area contributed by atoms with Crippen LogP contribution in [-0.2, 0) is 11.4 Å². The van der Waals surface area contributed by atoms with Crippen molar-refractivity contribution in [3.05, 3.63) is 142 Å². The molecule has 0 saturated carbocycles. The molecule has 0 fully saturated rings. The molecule has 5 aromatic rings. The van der Waals surface area contributed by atoms with E-state index in [9.17, 15) is 9.59 Å². The Hall–Kier alpha value is -5.34. The van der Waals surface area contributed by atoms with Crippen molar-refractivity contribution in [2.45, 2.75) is 20.5 Å². The summed E-state index contributed by atoms with van der Waals surface area (Å²) in [6.45, 7) is 4.27. The fourth-order valence-corrected chi connectivity index (χ4v) is 4.48. The molecule has 1 amide bonds. The lowest BCUT2D eigenvalue weighted by atomic mass is 10.2. The zero-order chi connectivity index (χ0) is 30.2. The van der Waals surface area contributed by atoms with E-state index in [0.717, 1.165) is 22.6 Å². The summed E-state index contributed by atoms with van der Waals surface area (Å²) in [5.41, 5.74) is 7.02. The van der Waals surface area contributed by atoms with Gasteiger partial charge < -0.3 is 18.5 Å². The van der Waals surface area contributed by atoms with E-state index in [-0.39, 0.29) is 18.1 Å². The molecule has 0 aliphatic heterocycles. The normalized spacial score (nSPS) is 11.2. The van der Waals surface area contributed by atoms with Gasteiger partial charge in [-0.25, -0.2) is 10.2 Å². The van der Waals surface area contributed by atoms with Crippen molar-refractivity contribution < 1.29 is 23.5 Å². The van der Waals surface area contributed by atoms with E-state index < -0.39 is 11.9 Å². The predicted octanol–water partition coefficient (Wildman–Crippen LogP) is 7.30. The SMILES string of the molecule is Cc1ccc(C)n1-c1ccc(OCc2ccc(C(=O)N/N=C/c3cc(Cl)ccc3OC(=O)/C=C/c3ccccc3)o2)cc1. The van der Waals surface area contributed by atoms with E-state index in [1.54, 1.807) is 30.3 Å². The van der Waals surface area contributed by atoms with Crippen molar-refractivity contribution in [2.24, 2.45) is 5.10 Å². The van der Waals surface area contributed by atoms with E-state index in [0.29, 0.717) is 22.1 Å². The second-order valence-electron chi connectivity index (χ2n) is 9.55. The smallest absolute Gasteiger partial charge is 0.336 e. The summed E-state index contributed by atoms with van der Waals surface area (Å²) in [6, 6.07) is 29.2. The molecule has 0 bridgehead atoms. The second kappa shape index (κ2) is 13.5. The van der Waals surface area contributed by atoms with E-state index in [4.69, 9.17) is 25.5 Å². The number of nitrogens with one attached hydrogen (secondary N) is 1. The third kappa shape index (κ3) is 7.69. The van der Waals surface area contributed by atoms with Gasteiger partial charge in [0, 0.05) is 33.7 Å². The average molecular weight is 594 g/mol. The third-order valence-corrected chi connectivity index (χ3v) is 6.63. The minimum Gasteiger partial charge on any atom is -0.486 e. The Morgan fingerprint density at radius 3 is 2.42 bits per heavy atom. The van der Waals surface area contributed by atoms with Crippen molar-refractivity contribution in [1.82, 2.24) is 9.99 Å². The van der Waals surface area contributed by atoms with Gasteiger partial charge in [0.05, 0.1) is 6.21 Å². The summed E-state index contributed by atoms with van der Waals surface area (Å²) in [7, 11) is 0. The number of rotatable bonds is 10. The largest absolute Gasteiger partial charge is 0.486 e. The molecule has 0 saturated heterocycles. The quantitative estimate of drug-likeness (QED) is 0.0602. The first-order valence-electron chi connectivity index (χ1n) is 13.4. The monoisotopic (exact) mass is 593 g/mol. The van der Waals surface area contributed by atoms with Gasteiger partial charge in [-0.15, -0.1) is 0 Å².